The van der Waals surface area contributed by atoms with Crippen molar-refractivity contribution in [1.29, 1.82) is 0 Å². The van der Waals surface area contributed by atoms with Gasteiger partial charge < -0.3 is 10.1 Å². The third-order valence-electron chi connectivity index (χ3n) is 2.87. The number of rotatable bonds is 5. The summed E-state index contributed by atoms with van der Waals surface area (Å²) >= 11 is 5.99. The number of anilines is 1. The molecular formula is C14H12ClFN2O3. The standard InChI is InChI=1S/C14H12ClFN2O3/c1-21-13-6-5-9(7-10(13)15)8-17-14-11(16)3-2-4-12(14)18(19)20/h2-7,17H,8H2,1H3. The van der Waals surface area contributed by atoms with Crippen molar-refractivity contribution >= 4 is 23.0 Å². The van der Waals surface area contributed by atoms with Crippen molar-refractivity contribution in [3.63, 3.8) is 0 Å². The molecule has 0 saturated carbocycles. The Kier molecular flexibility index (Phi) is 4.59. The van der Waals surface area contributed by atoms with E-state index in [0.29, 0.717) is 10.8 Å². The SMILES string of the molecule is COc1ccc(CNc2c(F)cccc2[N+](=O)[O-])cc1Cl. The summed E-state index contributed by atoms with van der Waals surface area (Å²) < 4.78 is 18.7. The number of benzene rings is 2. The minimum absolute atomic E-state index is 0.144. The fraction of sp³-hybridized carbons (Fsp3) is 0.143. The smallest absolute Gasteiger partial charge is 0.295 e. The molecule has 0 aliphatic carbocycles. The highest BCUT2D eigenvalue weighted by atomic mass is 35.5. The van der Waals surface area contributed by atoms with Crippen molar-refractivity contribution in [2.45, 2.75) is 6.54 Å². The van der Waals surface area contributed by atoms with Crippen LogP contribution in [-0.2, 0) is 6.54 Å². The molecule has 0 spiro atoms. The monoisotopic (exact) mass is 310 g/mol. The molecule has 0 saturated heterocycles. The van der Waals surface area contributed by atoms with Crippen molar-refractivity contribution in [3.05, 3.63) is 62.9 Å². The Labute approximate surface area is 125 Å². The molecule has 0 aromatic heterocycles. The van der Waals surface area contributed by atoms with Crippen molar-refractivity contribution < 1.29 is 14.1 Å². The number of nitrogens with one attached hydrogen (secondary N) is 1. The van der Waals surface area contributed by atoms with Gasteiger partial charge in [0.2, 0.25) is 0 Å². The number of hydrogen-bond acceptors (Lipinski definition) is 4. The summed E-state index contributed by atoms with van der Waals surface area (Å²) in [6.45, 7) is 0.200. The maximum Gasteiger partial charge on any atom is 0.295 e. The minimum atomic E-state index is -0.677. The van der Waals surface area contributed by atoms with Gasteiger partial charge in [0, 0.05) is 12.6 Å². The normalized spacial score (nSPS) is 10.2. The van der Waals surface area contributed by atoms with E-state index in [1.54, 1.807) is 18.2 Å². The van der Waals surface area contributed by atoms with Gasteiger partial charge in [0.15, 0.2) is 5.82 Å². The maximum absolute atomic E-state index is 13.7. The summed E-state index contributed by atoms with van der Waals surface area (Å²) in [6, 6.07) is 8.77. The van der Waals surface area contributed by atoms with E-state index in [9.17, 15) is 14.5 Å². The number of nitrogens with zero attached hydrogens (tertiary/aromatic N) is 1. The van der Waals surface area contributed by atoms with E-state index in [1.807, 2.05) is 0 Å². The van der Waals surface area contributed by atoms with Crippen molar-refractivity contribution in [3.8, 4) is 5.75 Å². The maximum atomic E-state index is 13.7. The lowest BCUT2D eigenvalue weighted by Gasteiger charge is -2.09. The lowest BCUT2D eigenvalue weighted by molar-refractivity contribution is -0.384. The molecule has 1 N–H and O–H groups in total. The van der Waals surface area contributed by atoms with Gasteiger partial charge in [-0.05, 0) is 23.8 Å². The molecule has 0 bridgehead atoms. The zero-order chi connectivity index (χ0) is 15.4. The number of nitro benzene ring substituents is 1. The van der Waals surface area contributed by atoms with Crippen LogP contribution >= 0.6 is 11.6 Å². The van der Waals surface area contributed by atoms with Crippen LogP contribution in [-0.4, -0.2) is 12.0 Å². The molecule has 21 heavy (non-hydrogen) atoms. The van der Waals surface area contributed by atoms with E-state index < -0.39 is 10.7 Å². The first kappa shape index (κ1) is 15.1. The van der Waals surface area contributed by atoms with Crippen molar-refractivity contribution in [2.24, 2.45) is 0 Å². The van der Waals surface area contributed by atoms with Gasteiger partial charge in [0.1, 0.15) is 11.4 Å². The summed E-state index contributed by atoms with van der Waals surface area (Å²) in [6.07, 6.45) is 0. The third kappa shape index (κ3) is 3.41. The Bertz CT molecular complexity index is 679. The average molecular weight is 311 g/mol. The van der Waals surface area contributed by atoms with Gasteiger partial charge in [-0.1, -0.05) is 23.7 Å². The van der Waals surface area contributed by atoms with E-state index in [4.69, 9.17) is 16.3 Å². The Morgan fingerprint density at radius 1 is 1.38 bits per heavy atom. The molecule has 7 heteroatoms. The molecule has 0 unspecified atom stereocenters. The van der Waals surface area contributed by atoms with Crippen LogP contribution in [0.5, 0.6) is 5.75 Å². The van der Waals surface area contributed by atoms with Gasteiger partial charge in [0.25, 0.3) is 5.69 Å². The molecule has 0 radical (unpaired) electrons. The molecule has 0 amide bonds. The van der Waals surface area contributed by atoms with Crippen LogP contribution in [0.4, 0.5) is 15.8 Å². The van der Waals surface area contributed by atoms with Gasteiger partial charge in [-0.25, -0.2) is 4.39 Å². The number of halogens is 2. The second kappa shape index (κ2) is 6.41. The van der Waals surface area contributed by atoms with E-state index in [-0.39, 0.29) is 17.9 Å². The Morgan fingerprint density at radius 3 is 2.76 bits per heavy atom. The van der Waals surface area contributed by atoms with Crippen molar-refractivity contribution in [1.82, 2.24) is 0 Å². The fourth-order valence-electron chi connectivity index (χ4n) is 1.85. The van der Waals surface area contributed by atoms with E-state index in [0.717, 1.165) is 11.6 Å². The average Bonchev–Trinajstić information content (AvgIpc) is 2.45. The highest BCUT2D eigenvalue weighted by Gasteiger charge is 2.17. The lowest BCUT2D eigenvalue weighted by atomic mass is 10.2. The largest absolute Gasteiger partial charge is 0.495 e. The van der Waals surface area contributed by atoms with Gasteiger partial charge in [-0.15, -0.1) is 0 Å². The van der Waals surface area contributed by atoms with Crippen LogP contribution < -0.4 is 10.1 Å². The number of ether oxygens (including phenoxy) is 1. The van der Waals surface area contributed by atoms with Crippen LogP contribution in [0.15, 0.2) is 36.4 Å². The molecule has 2 rings (SSSR count). The summed E-state index contributed by atoms with van der Waals surface area (Å²) in [5.74, 6) is -0.152. The number of para-hydroxylation sites is 1. The van der Waals surface area contributed by atoms with Crippen LogP contribution in [0.1, 0.15) is 5.56 Å². The molecule has 0 aliphatic heterocycles. The van der Waals surface area contributed by atoms with Crippen molar-refractivity contribution in [2.75, 3.05) is 12.4 Å². The zero-order valence-corrected chi connectivity index (χ0v) is 11.9. The third-order valence-corrected chi connectivity index (χ3v) is 3.17. The van der Waals surface area contributed by atoms with Crippen LogP contribution in [0.2, 0.25) is 5.02 Å². The fourth-order valence-corrected chi connectivity index (χ4v) is 2.13. The minimum Gasteiger partial charge on any atom is -0.495 e. The number of methoxy groups -OCH3 is 1. The molecule has 0 atom stereocenters. The quantitative estimate of drug-likeness (QED) is 0.669. The predicted molar refractivity (Wildman–Crippen MR) is 78.4 cm³/mol. The second-order valence-corrected chi connectivity index (χ2v) is 4.62. The first-order valence-corrected chi connectivity index (χ1v) is 6.40. The van der Waals surface area contributed by atoms with Crippen LogP contribution in [0.3, 0.4) is 0 Å². The molecule has 0 heterocycles. The molecule has 2 aromatic rings. The predicted octanol–water partition coefficient (Wildman–Crippen LogP) is 4.01. The van der Waals surface area contributed by atoms with E-state index in [2.05, 4.69) is 5.32 Å². The molecule has 2 aromatic carbocycles. The first-order valence-electron chi connectivity index (χ1n) is 6.02. The highest BCUT2D eigenvalue weighted by molar-refractivity contribution is 6.32. The van der Waals surface area contributed by atoms with Crippen LogP contribution in [0, 0.1) is 15.9 Å². The van der Waals surface area contributed by atoms with Gasteiger partial charge >= 0.3 is 0 Å². The highest BCUT2D eigenvalue weighted by Crippen LogP contribution is 2.29. The second-order valence-electron chi connectivity index (χ2n) is 4.21. The number of nitro groups is 1. The van der Waals surface area contributed by atoms with Gasteiger partial charge in [0.05, 0.1) is 17.1 Å². The summed E-state index contributed by atoms with van der Waals surface area (Å²) in [5, 5.41) is 14.0. The van der Waals surface area contributed by atoms with E-state index in [1.165, 1.54) is 19.2 Å². The van der Waals surface area contributed by atoms with Gasteiger partial charge in [-0.2, -0.15) is 0 Å². The lowest BCUT2D eigenvalue weighted by Crippen LogP contribution is -2.05. The molecule has 5 nitrogen and oxygen atoms in total. The zero-order valence-electron chi connectivity index (χ0n) is 11.1. The Hall–Kier alpha value is -2.34. The topological polar surface area (TPSA) is 64.4 Å². The molecule has 110 valence electrons. The molecular weight excluding hydrogens is 299 g/mol. The summed E-state index contributed by atoms with van der Waals surface area (Å²) in [7, 11) is 1.50. The Morgan fingerprint density at radius 2 is 2.14 bits per heavy atom. The molecule has 0 aliphatic rings. The number of hydrogen-bond donors (Lipinski definition) is 1. The summed E-state index contributed by atoms with van der Waals surface area (Å²) in [5.41, 5.74) is 0.294. The van der Waals surface area contributed by atoms with E-state index >= 15 is 0 Å². The first-order chi connectivity index (χ1) is 10.0. The van der Waals surface area contributed by atoms with Gasteiger partial charge in [-0.3, -0.25) is 10.1 Å². The molecule has 0 fully saturated rings. The Balaban J connectivity index is 2.20. The summed E-state index contributed by atoms with van der Waals surface area (Å²) in [4.78, 5) is 10.3. The van der Waals surface area contributed by atoms with Crippen LogP contribution in [0.25, 0.3) is 0 Å².